The molecule has 0 aromatic heterocycles. The third-order valence-corrected chi connectivity index (χ3v) is 0.825. The molecule has 0 aromatic rings. The van der Waals surface area contributed by atoms with Crippen LogP contribution in [0.1, 0.15) is 0 Å². The first kappa shape index (κ1) is 11.0. The highest BCUT2D eigenvalue weighted by atomic mass is 14.5. The highest BCUT2D eigenvalue weighted by Crippen LogP contribution is 1.92. The van der Waals surface area contributed by atoms with Crippen LogP contribution in [0.25, 0.3) is 0 Å². The predicted molar refractivity (Wildman–Crippen MR) is 42.6 cm³/mol. The minimum Gasteiger partial charge on any atom is -0.344 e. The molecule has 0 unspecified atom stereocenters. The van der Waals surface area contributed by atoms with Gasteiger partial charge in [0.2, 0.25) is 0 Å². The molecule has 0 aliphatic heterocycles. The molecule has 0 rings (SSSR count). The van der Waals surface area contributed by atoms with E-state index < -0.39 is 0 Å². The lowest BCUT2D eigenvalue weighted by Crippen LogP contribution is -1.93. The fourth-order valence-electron chi connectivity index (χ4n) is 0.386. The molecule has 0 amide bonds. The van der Waals surface area contributed by atoms with Gasteiger partial charge < -0.3 is 11.9 Å². The Bertz CT molecular complexity index is 104. The second-order valence-electron chi connectivity index (χ2n) is 1.35. The summed E-state index contributed by atoms with van der Waals surface area (Å²) in [6.07, 6.45) is 5.31. The lowest BCUT2D eigenvalue weighted by molar-refractivity contribution is 1.24. The minimum absolute atomic E-state index is 0. The first-order valence-electron chi connectivity index (χ1n) is 2.50. The van der Waals surface area contributed by atoms with Gasteiger partial charge in [0.15, 0.2) is 0 Å². The van der Waals surface area contributed by atoms with Gasteiger partial charge in [-0.2, -0.15) is 0 Å². The van der Waals surface area contributed by atoms with Gasteiger partial charge in [-0.15, -0.1) is 0 Å². The molecule has 0 saturated heterocycles. The zero-order chi connectivity index (χ0) is 6.41. The van der Waals surface area contributed by atoms with Crippen molar-refractivity contribution in [3.8, 4) is 0 Å². The maximum atomic E-state index is 5.21. The van der Waals surface area contributed by atoms with Crippen molar-refractivity contribution < 1.29 is 0 Å². The summed E-state index contributed by atoms with van der Waals surface area (Å²) in [5, 5.41) is 0. The second kappa shape index (κ2) is 7.14. The van der Waals surface area contributed by atoms with Gasteiger partial charge in [0.1, 0.15) is 0 Å². The maximum absolute atomic E-state index is 5.21. The number of nitrogens with two attached hydrogens (primary N) is 1. The molecule has 0 heterocycles. The molecule has 0 aliphatic carbocycles. The smallest absolute Gasteiger partial charge is 0.0115 e. The molecule has 2 nitrogen and oxygen atoms in total. The van der Waals surface area contributed by atoms with Crippen LogP contribution in [0.5, 0.6) is 0 Å². The van der Waals surface area contributed by atoms with Crippen molar-refractivity contribution in [2.24, 2.45) is 5.73 Å². The normalized spacial score (nSPS) is 6.78. The van der Waals surface area contributed by atoms with Crippen molar-refractivity contribution in [2.75, 3.05) is 6.54 Å². The van der Waals surface area contributed by atoms with Gasteiger partial charge in [-0.25, -0.2) is 0 Å². The highest BCUT2D eigenvalue weighted by molar-refractivity contribution is 5.27. The Morgan fingerprint density at radius 2 is 1.78 bits per heavy atom. The van der Waals surface area contributed by atoms with Crippen molar-refractivity contribution in [2.45, 2.75) is 0 Å². The van der Waals surface area contributed by atoms with Crippen molar-refractivity contribution >= 4 is 0 Å². The Hall–Kier alpha value is -0.860. The van der Waals surface area contributed by atoms with E-state index >= 15 is 0 Å². The fourth-order valence-corrected chi connectivity index (χ4v) is 0.386. The van der Waals surface area contributed by atoms with Crippen LogP contribution in [0.2, 0.25) is 0 Å². The van der Waals surface area contributed by atoms with E-state index in [-0.39, 0.29) is 6.15 Å². The largest absolute Gasteiger partial charge is 0.344 e. The molecule has 0 saturated carbocycles. The van der Waals surface area contributed by atoms with E-state index in [0.29, 0.717) is 6.54 Å². The molecule has 0 spiro atoms. The first-order valence-corrected chi connectivity index (χ1v) is 2.50. The number of allylic oxidation sites excluding steroid dienone is 3. The predicted octanol–water partition coefficient (Wildman–Crippen LogP) is 1.41. The van der Waals surface area contributed by atoms with E-state index in [1.165, 1.54) is 0 Å². The van der Waals surface area contributed by atoms with E-state index in [1.807, 2.05) is 6.08 Å². The zero-order valence-electron chi connectivity index (χ0n) is 5.64. The molecule has 52 valence electrons. The van der Waals surface area contributed by atoms with Crippen LogP contribution in [0, 0.1) is 0 Å². The molecule has 0 atom stereocenters. The number of hydrogen-bond acceptors (Lipinski definition) is 2. The van der Waals surface area contributed by atoms with Gasteiger partial charge in [0.25, 0.3) is 0 Å². The average Bonchev–Trinajstić information content (AvgIpc) is 1.83. The van der Waals surface area contributed by atoms with Crippen LogP contribution >= 0.6 is 0 Å². The summed E-state index contributed by atoms with van der Waals surface area (Å²) in [6, 6.07) is 0. The molecule has 0 aromatic carbocycles. The average molecular weight is 126 g/mol. The summed E-state index contributed by atoms with van der Waals surface area (Å²) in [5.41, 5.74) is 6.20. The summed E-state index contributed by atoms with van der Waals surface area (Å²) >= 11 is 0. The molecule has 5 N–H and O–H groups in total. The van der Waals surface area contributed by atoms with E-state index in [4.69, 9.17) is 5.73 Å². The molecular weight excluding hydrogens is 112 g/mol. The van der Waals surface area contributed by atoms with Crippen LogP contribution in [0.4, 0.5) is 0 Å². The Morgan fingerprint density at radius 3 is 1.89 bits per heavy atom. The van der Waals surface area contributed by atoms with Gasteiger partial charge in [0.05, 0.1) is 0 Å². The van der Waals surface area contributed by atoms with Crippen LogP contribution in [0.15, 0.2) is 37.0 Å². The van der Waals surface area contributed by atoms with Gasteiger partial charge in [0, 0.05) is 6.54 Å². The summed E-state index contributed by atoms with van der Waals surface area (Å²) in [4.78, 5) is 0. The third-order valence-electron chi connectivity index (χ3n) is 0.825. The van der Waals surface area contributed by atoms with Crippen LogP contribution in [-0.4, -0.2) is 6.54 Å². The van der Waals surface area contributed by atoms with Crippen molar-refractivity contribution in [1.82, 2.24) is 6.15 Å². The third kappa shape index (κ3) is 5.00. The van der Waals surface area contributed by atoms with Crippen LogP contribution in [0.3, 0.4) is 0 Å². The Kier molecular flexibility index (Phi) is 8.73. The fraction of sp³-hybridized carbons (Fsp3) is 0.143. The van der Waals surface area contributed by atoms with E-state index in [9.17, 15) is 0 Å². The lowest BCUT2D eigenvalue weighted by atomic mass is 10.2. The molecule has 0 aliphatic rings. The molecule has 2 heteroatoms. The van der Waals surface area contributed by atoms with Crippen molar-refractivity contribution in [3.05, 3.63) is 37.0 Å². The molecule has 0 bridgehead atoms. The topological polar surface area (TPSA) is 61.0 Å². The van der Waals surface area contributed by atoms with E-state index in [1.54, 1.807) is 12.2 Å². The summed E-state index contributed by atoms with van der Waals surface area (Å²) in [5.74, 6) is 0. The van der Waals surface area contributed by atoms with Crippen LogP contribution < -0.4 is 11.9 Å². The Labute approximate surface area is 56.3 Å². The van der Waals surface area contributed by atoms with Gasteiger partial charge >= 0.3 is 0 Å². The molecule has 0 fully saturated rings. The van der Waals surface area contributed by atoms with Crippen molar-refractivity contribution in [1.29, 1.82) is 0 Å². The van der Waals surface area contributed by atoms with Gasteiger partial charge in [-0.3, -0.25) is 0 Å². The van der Waals surface area contributed by atoms with Crippen molar-refractivity contribution in [3.63, 3.8) is 0 Å². The SMILES string of the molecule is C=CC(C=C)=CCN.N. The standard InChI is InChI=1S/C7H11N.H3N/c1-3-7(4-2)5-6-8;/h3-5H,1-2,6,8H2;1H3. The summed E-state index contributed by atoms with van der Waals surface area (Å²) < 4.78 is 0. The van der Waals surface area contributed by atoms with Gasteiger partial charge in [-0.05, 0) is 5.57 Å². The maximum Gasteiger partial charge on any atom is 0.0115 e. The first-order chi connectivity index (χ1) is 3.85. The minimum atomic E-state index is 0. The quantitative estimate of drug-likeness (QED) is 0.561. The molecule has 0 radical (unpaired) electrons. The molecule has 9 heavy (non-hydrogen) atoms. The Balaban J connectivity index is 0. The number of rotatable bonds is 3. The van der Waals surface area contributed by atoms with Gasteiger partial charge in [-0.1, -0.05) is 31.4 Å². The highest BCUT2D eigenvalue weighted by Gasteiger charge is 1.76. The van der Waals surface area contributed by atoms with Crippen LogP contribution in [-0.2, 0) is 0 Å². The monoisotopic (exact) mass is 126 g/mol. The Morgan fingerprint density at radius 1 is 1.33 bits per heavy atom. The van der Waals surface area contributed by atoms with E-state index in [0.717, 1.165) is 5.57 Å². The lowest BCUT2D eigenvalue weighted by Gasteiger charge is -1.86. The zero-order valence-corrected chi connectivity index (χ0v) is 5.64. The molecular formula is C7H14N2. The summed E-state index contributed by atoms with van der Waals surface area (Å²) in [6.45, 7) is 7.66. The summed E-state index contributed by atoms with van der Waals surface area (Å²) in [7, 11) is 0. The number of hydrogen-bond donors (Lipinski definition) is 2. The second-order valence-corrected chi connectivity index (χ2v) is 1.35. The van der Waals surface area contributed by atoms with E-state index in [2.05, 4.69) is 13.2 Å².